The smallest absolute Gasteiger partial charge is 0.123 e. The normalized spacial score (nSPS) is 10.6. The summed E-state index contributed by atoms with van der Waals surface area (Å²) in [5.41, 5.74) is 5.13. The molecule has 0 saturated heterocycles. The molecule has 0 amide bonds. The van der Waals surface area contributed by atoms with Crippen LogP contribution in [0.15, 0.2) is 54.9 Å². The van der Waals surface area contributed by atoms with Gasteiger partial charge in [-0.2, -0.15) is 0 Å². The highest BCUT2D eigenvalue weighted by molar-refractivity contribution is 5.66. The van der Waals surface area contributed by atoms with E-state index in [-0.39, 0.29) is 5.82 Å². The highest BCUT2D eigenvalue weighted by atomic mass is 19.1. The SMILES string of the molecule is Cc1[nH]cnc1-c1cccc(NCc2ccc(F)cc2)c1. The Kier molecular flexibility index (Phi) is 3.69. The van der Waals surface area contributed by atoms with Crippen molar-refractivity contribution in [2.24, 2.45) is 0 Å². The largest absolute Gasteiger partial charge is 0.381 e. The van der Waals surface area contributed by atoms with E-state index in [0.717, 1.165) is 28.2 Å². The molecule has 0 radical (unpaired) electrons. The number of hydrogen-bond acceptors (Lipinski definition) is 2. The number of nitrogens with one attached hydrogen (secondary N) is 2. The second-order valence-corrected chi connectivity index (χ2v) is 4.94. The summed E-state index contributed by atoms with van der Waals surface area (Å²) in [6.07, 6.45) is 1.70. The molecule has 1 aromatic heterocycles. The molecule has 2 aromatic carbocycles. The van der Waals surface area contributed by atoms with E-state index in [1.54, 1.807) is 18.5 Å². The number of aromatic nitrogens is 2. The number of anilines is 1. The molecule has 21 heavy (non-hydrogen) atoms. The third-order valence-corrected chi connectivity index (χ3v) is 3.38. The molecule has 0 spiro atoms. The first kappa shape index (κ1) is 13.4. The molecule has 0 fully saturated rings. The number of benzene rings is 2. The molecule has 1 heterocycles. The molecule has 0 unspecified atom stereocenters. The van der Waals surface area contributed by atoms with Crippen LogP contribution in [0.5, 0.6) is 0 Å². The van der Waals surface area contributed by atoms with Gasteiger partial charge in [0.1, 0.15) is 5.82 Å². The predicted molar refractivity (Wildman–Crippen MR) is 82.5 cm³/mol. The molecule has 0 aliphatic carbocycles. The van der Waals surface area contributed by atoms with Gasteiger partial charge in [-0.1, -0.05) is 24.3 Å². The molecular weight excluding hydrogens is 265 g/mol. The molecule has 0 aliphatic rings. The van der Waals surface area contributed by atoms with Crippen LogP contribution in [0.4, 0.5) is 10.1 Å². The zero-order valence-electron chi connectivity index (χ0n) is 11.7. The van der Waals surface area contributed by atoms with E-state index in [0.29, 0.717) is 6.54 Å². The van der Waals surface area contributed by atoms with Crippen molar-refractivity contribution in [1.82, 2.24) is 9.97 Å². The maximum absolute atomic E-state index is 12.9. The van der Waals surface area contributed by atoms with Crippen molar-refractivity contribution >= 4 is 5.69 Å². The van der Waals surface area contributed by atoms with Crippen molar-refractivity contribution in [3.8, 4) is 11.3 Å². The van der Waals surface area contributed by atoms with Crippen molar-refractivity contribution in [2.75, 3.05) is 5.32 Å². The van der Waals surface area contributed by atoms with E-state index in [1.807, 2.05) is 25.1 Å². The summed E-state index contributed by atoms with van der Waals surface area (Å²) in [4.78, 5) is 7.41. The van der Waals surface area contributed by atoms with Crippen LogP contribution in [-0.2, 0) is 6.54 Å². The quantitative estimate of drug-likeness (QED) is 0.754. The van der Waals surface area contributed by atoms with Crippen LogP contribution in [0.2, 0.25) is 0 Å². The van der Waals surface area contributed by atoms with Crippen LogP contribution in [-0.4, -0.2) is 9.97 Å². The number of aryl methyl sites for hydroxylation is 1. The Balaban J connectivity index is 1.74. The van der Waals surface area contributed by atoms with Crippen LogP contribution < -0.4 is 5.32 Å². The van der Waals surface area contributed by atoms with Gasteiger partial charge in [-0.05, 0) is 36.8 Å². The Morgan fingerprint density at radius 3 is 2.67 bits per heavy atom. The maximum Gasteiger partial charge on any atom is 0.123 e. The third-order valence-electron chi connectivity index (χ3n) is 3.38. The fraction of sp³-hybridized carbons (Fsp3) is 0.118. The minimum atomic E-state index is -0.213. The van der Waals surface area contributed by atoms with Gasteiger partial charge in [-0.25, -0.2) is 9.37 Å². The van der Waals surface area contributed by atoms with Crippen molar-refractivity contribution in [3.63, 3.8) is 0 Å². The summed E-state index contributed by atoms with van der Waals surface area (Å²) in [7, 11) is 0. The number of rotatable bonds is 4. The van der Waals surface area contributed by atoms with Gasteiger partial charge < -0.3 is 10.3 Å². The number of nitrogens with zero attached hydrogens (tertiary/aromatic N) is 1. The molecule has 0 saturated carbocycles. The first-order chi connectivity index (χ1) is 10.2. The molecule has 3 rings (SSSR count). The van der Waals surface area contributed by atoms with E-state index < -0.39 is 0 Å². The van der Waals surface area contributed by atoms with Crippen molar-refractivity contribution in [2.45, 2.75) is 13.5 Å². The first-order valence-corrected chi connectivity index (χ1v) is 6.81. The van der Waals surface area contributed by atoms with Gasteiger partial charge in [-0.3, -0.25) is 0 Å². The second-order valence-electron chi connectivity index (χ2n) is 4.94. The molecule has 0 aliphatic heterocycles. The van der Waals surface area contributed by atoms with Gasteiger partial charge in [0.05, 0.1) is 12.0 Å². The predicted octanol–water partition coefficient (Wildman–Crippen LogP) is 4.14. The number of H-pyrrole nitrogens is 1. The van der Waals surface area contributed by atoms with E-state index in [2.05, 4.69) is 21.4 Å². The molecule has 2 N–H and O–H groups in total. The third kappa shape index (κ3) is 3.11. The van der Waals surface area contributed by atoms with Gasteiger partial charge in [-0.15, -0.1) is 0 Å². The number of imidazole rings is 1. The number of hydrogen-bond donors (Lipinski definition) is 2. The van der Waals surface area contributed by atoms with Crippen LogP contribution >= 0.6 is 0 Å². The summed E-state index contributed by atoms with van der Waals surface area (Å²) >= 11 is 0. The van der Waals surface area contributed by atoms with E-state index in [9.17, 15) is 4.39 Å². The molecular formula is C17H16FN3. The van der Waals surface area contributed by atoms with Gasteiger partial charge in [0.15, 0.2) is 0 Å². The monoisotopic (exact) mass is 281 g/mol. The van der Waals surface area contributed by atoms with E-state index >= 15 is 0 Å². The van der Waals surface area contributed by atoms with Crippen molar-refractivity contribution in [1.29, 1.82) is 0 Å². The zero-order chi connectivity index (χ0) is 14.7. The Morgan fingerprint density at radius 2 is 1.95 bits per heavy atom. The highest BCUT2D eigenvalue weighted by Gasteiger charge is 2.05. The van der Waals surface area contributed by atoms with Gasteiger partial charge in [0, 0.05) is 23.5 Å². The zero-order valence-corrected chi connectivity index (χ0v) is 11.7. The van der Waals surface area contributed by atoms with Crippen LogP contribution in [0, 0.1) is 12.7 Å². The van der Waals surface area contributed by atoms with Gasteiger partial charge in [0.25, 0.3) is 0 Å². The Labute approximate surface area is 122 Å². The summed E-state index contributed by atoms with van der Waals surface area (Å²) < 4.78 is 12.9. The lowest BCUT2D eigenvalue weighted by atomic mass is 10.1. The van der Waals surface area contributed by atoms with E-state index in [4.69, 9.17) is 0 Å². The minimum Gasteiger partial charge on any atom is -0.381 e. The minimum absolute atomic E-state index is 0.213. The summed E-state index contributed by atoms with van der Waals surface area (Å²) in [6, 6.07) is 14.6. The van der Waals surface area contributed by atoms with Crippen LogP contribution in [0.1, 0.15) is 11.3 Å². The summed E-state index contributed by atoms with van der Waals surface area (Å²) in [5, 5.41) is 3.34. The standard InChI is InChI=1S/C17H16FN3/c1-12-17(21-11-20-12)14-3-2-4-16(9-14)19-10-13-5-7-15(18)8-6-13/h2-9,11,19H,10H2,1H3,(H,20,21). The highest BCUT2D eigenvalue weighted by Crippen LogP contribution is 2.23. The average Bonchev–Trinajstić information content (AvgIpc) is 2.93. The molecule has 106 valence electrons. The Hall–Kier alpha value is -2.62. The van der Waals surface area contributed by atoms with Gasteiger partial charge in [0.2, 0.25) is 0 Å². The lowest BCUT2D eigenvalue weighted by Crippen LogP contribution is -1.99. The van der Waals surface area contributed by atoms with Crippen molar-refractivity contribution < 1.29 is 4.39 Å². The lowest BCUT2D eigenvalue weighted by Gasteiger charge is -2.08. The maximum atomic E-state index is 12.9. The Morgan fingerprint density at radius 1 is 1.14 bits per heavy atom. The fourth-order valence-electron chi connectivity index (χ4n) is 2.23. The number of aromatic amines is 1. The summed E-state index contributed by atoms with van der Waals surface area (Å²) in [5.74, 6) is -0.213. The molecule has 4 heteroatoms. The lowest BCUT2D eigenvalue weighted by molar-refractivity contribution is 0.627. The Bertz CT molecular complexity index is 732. The van der Waals surface area contributed by atoms with Crippen LogP contribution in [0.25, 0.3) is 11.3 Å². The number of halogens is 1. The van der Waals surface area contributed by atoms with Crippen molar-refractivity contribution in [3.05, 3.63) is 71.9 Å². The van der Waals surface area contributed by atoms with Gasteiger partial charge >= 0.3 is 0 Å². The second kappa shape index (κ2) is 5.79. The van der Waals surface area contributed by atoms with E-state index in [1.165, 1.54) is 12.1 Å². The average molecular weight is 281 g/mol. The molecule has 0 atom stereocenters. The fourth-order valence-corrected chi connectivity index (χ4v) is 2.23. The molecule has 3 aromatic rings. The topological polar surface area (TPSA) is 40.7 Å². The first-order valence-electron chi connectivity index (χ1n) is 6.81. The summed E-state index contributed by atoms with van der Waals surface area (Å²) in [6.45, 7) is 2.66. The van der Waals surface area contributed by atoms with Crippen LogP contribution in [0.3, 0.4) is 0 Å². The molecule has 3 nitrogen and oxygen atoms in total. The molecule has 0 bridgehead atoms.